The number of carbonyl (C=O) groups excluding carboxylic acids is 1. The van der Waals surface area contributed by atoms with Crippen LogP contribution in [-0.2, 0) is 10.0 Å². The first kappa shape index (κ1) is 19.2. The van der Waals surface area contributed by atoms with E-state index in [1.165, 1.54) is 44.6 Å². The summed E-state index contributed by atoms with van der Waals surface area (Å²) in [5.74, 6) is 0.966. The Morgan fingerprint density at radius 2 is 1.78 bits per heavy atom. The van der Waals surface area contributed by atoms with Gasteiger partial charge in [0.1, 0.15) is 11.6 Å². The molecule has 0 aliphatic heterocycles. The first-order valence-electron chi connectivity index (χ1n) is 9.26. The molecule has 0 unspecified atom stereocenters. The van der Waals surface area contributed by atoms with Crippen molar-refractivity contribution >= 4 is 31.9 Å². The maximum atomic E-state index is 14.4. The normalized spacial score (nSPS) is 31.7. The predicted molar refractivity (Wildman–Crippen MR) is 103 cm³/mol. The molecule has 0 aromatic heterocycles. The molecule has 1 amide bonds. The van der Waals surface area contributed by atoms with Gasteiger partial charge in [0.05, 0.1) is 22.9 Å². The van der Waals surface area contributed by atoms with Crippen molar-refractivity contribution < 1.29 is 22.3 Å². The topological polar surface area (TPSA) is 72.5 Å². The zero-order chi connectivity index (χ0) is 19.4. The zero-order valence-electron chi connectivity index (χ0n) is 15.1. The van der Waals surface area contributed by atoms with Crippen LogP contribution in [0.4, 0.5) is 4.39 Å². The van der Waals surface area contributed by atoms with Crippen molar-refractivity contribution in [3.8, 4) is 5.75 Å². The first-order chi connectivity index (χ1) is 12.6. The van der Waals surface area contributed by atoms with Gasteiger partial charge in [-0.25, -0.2) is 17.5 Å². The van der Waals surface area contributed by atoms with Crippen molar-refractivity contribution in [1.29, 1.82) is 0 Å². The van der Waals surface area contributed by atoms with Crippen LogP contribution in [-0.4, -0.2) is 27.2 Å². The van der Waals surface area contributed by atoms with Gasteiger partial charge in [-0.15, -0.1) is 0 Å². The predicted octanol–water partition coefficient (Wildman–Crippen LogP) is 3.87. The van der Waals surface area contributed by atoms with E-state index in [0.717, 1.165) is 30.1 Å². The van der Waals surface area contributed by atoms with Crippen LogP contribution >= 0.6 is 15.9 Å². The molecule has 4 fully saturated rings. The molecule has 0 heterocycles. The number of hydrogen-bond acceptors (Lipinski definition) is 4. The average molecular weight is 460 g/mol. The van der Waals surface area contributed by atoms with E-state index in [4.69, 9.17) is 4.74 Å². The number of amides is 1. The summed E-state index contributed by atoms with van der Waals surface area (Å²) in [6, 6.07) is 2.42. The van der Waals surface area contributed by atoms with Gasteiger partial charge in [0.15, 0.2) is 0 Å². The molecule has 5 nitrogen and oxygen atoms in total. The van der Waals surface area contributed by atoms with Gasteiger partial charge in [-0.2, -0.15) is 0 Å². The number of ether oxygens (including phenoxy) is 1. The van der Waals surface area contributed by atoms with Gasteiger partial charge in [0.2, 0.25) is 10.0 Å². The molecule has 0 saturated heterocycles. The number of benzene rings is 1. The van der Waals surface area contributed by atoms with Crippen LogP contribution in [0.2, 0.25) is 0 Å². The van der Waals surface area contributed by atoms with Crippen LogP contribution in [0.25, 0.3) is 0 Å². The Hall–Kier alpha value is -1.15. The van der Waals surface area contributed by atoms with E-state index in [1.54, 1.807) is 4.72 Å². The number of halogens is 2. The lowest BCUT2D eigenvalue weighted by Gasteiger charge is -2.56. The van der Waals surface area contributed by atoms with E-state index in [9.17, 15) is 17.6 Å². The third-order valence-electron chi connectivity index (χ3n) is 6.24. The van der Waals surface area contributed by atoms with E-state index in [1.807, 2.05) is 0 Å². The second-order valence-electron chi connectivity index (χ2n) is 8.67. The quantitative estimate of drug-likeness (QED) is 0.724. The van der Waals surface area contributed by atoms with Crippen LogP contribution in [0.5, 0.6) is 5.75 Å². The highest BCUT2D eigenvalue weighted by Crippen LogP contribution is 2.60. The van der Waals surface area contributed by atoms with Crippen molar-refractivity contribution in [3.05, 3.63) is 28.0 Å². The molecule has 4 bridgehead atoms. The number of sulfonamides is 1. The highest BCUT2D eigenvalue weighted by Gasteiger charge is 2.51. The van der Waals surface area contributed by atoms with E-state index in [-0.39, 0.29) is 11.0 Å². The summed E-state index contributed by atoms with van der Waals surface area (Å²) in [5, 5.41) is 0. The maximum absolute atomic E-state index is 14.4. The lowest BCUT2D eigenvalue weighted by Crippen LogP contribution is -2.48. The fourth-order valence-corrected chi connectivity index (χ4v) is 6.64. The van der Waals surface area contributed by atoms with Crippen molar-refractivity contribution in [3.63, 3.8) is 0 Å². The van der Waals surface area contributed by atoms with Gasteiger partial charge < -0.3 is 4.74 Å². The Kier molecular flexibility index (Phi) is 4.78. The molecule has 4 aliphatic carbocycles. The molecular formula is C19H23BrFNO4S. The van der Waals surface area contributed by atoms with Gasteiger partial charge in [0.25, 0.3) is 5.91 Å². The summed E-state index contributed by atoms with van der Waals surface area (Å²) >= 11 is 3.32. The Labute approximate surface area is 167 Å². The van der Waals surface area contributed by atoms with Crippen molar-refractivity contribution in [2.24, 2.45) is 23.2 Å². The summed E-state index contributed by atoms with van der Waals surface area (Å²) in [5.41, 5.74) is -0.147. The molecule has 1 aromatic carbocycles. The lowest BCUT2D eigenvalue weighted by molar-refractivity contribution is -0.0746. The van der Waals surface area contributed by atoms with E-state index in [2.05, 4.69) is 15.9 Å². The third kappa shape index (κ3) is 4.01. The fraction of sp³-hybridized carbons (Fsp3) is 0.632. The summed E-state index contributed by atoms with van der Waals surface area (Å²) in [4.78, 5) is 11.9. The van der Waals surface area contributed by atoms with Gasteiger partial charge in [-0.05, 0) is 78.3 Å². The standard InChI is InChI=1S/C19H23BrFNO4S/c1-27(24,25)22-18(23)14-5-15(20)17(6-16(14)21)26-10-19-7-11-2-12(8-19)4-13(3-11)9-19/h5-6,11-13H,2-4,7-10H2,1H3,(H,22,23). The van der Waals surface area contributed by atoms with Crippen LogP contribution < -0.4 is 9.46 Å². The molecular weight excluding hydrogens is 437 g/mol. The molecule has 0 atom stereocenters. The third-order valence-corrected chi connectivity index (χ3v) is 7.42. The molecule has 5 rings (SSSR count). The van der Waals surface area contributed by atoms with E-state index >= 15 is 0 Å². The number of hydrogen-bond donors (Lipinski definition) is 1. The molecule has 0 radical (unpaired) electrons. The summed E-state index contributed by atoms with van der Waals surface area (Å²) in [7, 11) is -3.76. The van der Waals surface area contributed by atoms with Gasteiger partial charge in [-0.1, -0.05) is 0 Å². The summed E-state index contributed by atoms with van der Waals surface area (Å²) < 4.78 is 45.0. The van der Waals surface area contributed by atoms with E-state index in [0.29, 0.717) is 16.8 Å². The highest BCUT2D eigenvalue weighted by atomic mass is 79.9. The number of nitrogens with one attached hydrogen (secondary N) is 1. The Bertz CT molecular complexity index is 851. The number of carbonyl (C=O) groups is 1. The Balaban J connectivity index is 1.49. The fourth-order valence-electron chi connectivity index (χ4n) is 5.73. The summed E-state index contributed by atoms with van der Waals surface area (Å²) in [6.07, 6.45) is 8.46. The SMILES string of the molecule is CS(=O)(=O)NC(=O)c1cc(Br)c(OCC23CC4CC(CC(C4)C2)C3)cc1F. The van der Waals surface area contributed by atoms with Crippen molar-refractivity contribution in [1.82, 2.24) is 4.72 Å². The molecule has 1 aromatic rings. The van der Waals surface area contributed by atoms with Crippen LogP contribution in [0.3, 0.4) is 0 Å². The van der Waals surface area contributed by atoms with Crippen molar-refractivity contribution in [2.45, 2.75) is 38.5 Å². The zero-order valence-corrected chi connectivity index (χ0v) is 17.5. The minimum absolute atomic E-state index is 0.191. The minimum atomic E-state index is -3.76. The lowest BCUT2D eigenvalue weighted by atomic mass is 9.50. The Morgan fingerprint density at radius 3 is 2.30 bits per heavy atom. The molecule has 0 spiro atoms. The van der Waals surface area contributed by atoms with Crippen LogP contribution in [0, 0.1) is 29.0 Å². The molecule has 1 N–H and O–H groups in total. The maximum Gasteiger partial charge on any atom is 0.267 e. The highest BCUT2D eigenvalue weighted by molar-refractivity contribution is 9.10. The minimum Gasteiger partial charge on any atom is -0.492 e. The molecule has 27 heavy (non-hydrogen) atoms. The first-order valence-corrected chi connectivity index (χ1v) is 11.9. The Morgan fingerprint density at radius 1 is 1.22 bits per heavy atom. The van der Waals surface area contributed by atoms with Crippen LogP contribution in [0.1, 0.15) is 48.9 Å². The molecule has 4 saturated carbocycles. The monoisotopic (exact) mass is 459 g/mol. The van der Waals surface area contributed by atoms with Crippen molar-refractivity contribution in [2.75, 3.05) is 12.9 Å². The molecule has 148 valence electrons. The average Bonchev–Trinajstić information content (AvgIpc) is 2.52. The molecule has 8 heteroatoms. The van der Waals surface area contributed by atoms with E-state index < -0.39 is 21.7 Å². The van der Waals surface area contributed by atoms with Gasteiger partial charge in [-0.3, -0.25) is 4.79 Å². The van der Waals surface area contributed by atoms with Crippen LogP contribution in [0.15, 0.2) is 16.6 Å². The largest absolute Gasteiger partial charge is 0.492 e. The number of rotatable bonds is 5. The second kappa shape index (κ2) is 6.72. The van der Waals surface area contributed by atoms with Gasteiger partial charge >= 0.3 is 0 Å². The second-order valence-corrected chi connectivity index (χ2v) is 11.3. The van der Waals surface area contributed by atoms with Gasteiger partial charge in [0, 0.05) is 11.5 Å². The summed E-state index contributed by atoms with van der Waals surface area (Å²) in [6.45, 7) is 0.559. The molecule has 4 aliphatic rings. The smallest absolute Gasteiger partial charge is 0.267 e.